The molecule has 1 heterocycles. The quantitative estimate of drug-likeness (QED) is 0.647. The largest absolute Gasteiger partial charge is 0.396 e. The fourth-order valence-corrected chi connectivity index (χ4v) is 2.79. The van der Waals surface area contributed by atoms with E-state index in [2.05, 4.69) is 6.92 Å². The van der Waals surface area contributed by atoms with Gasteiger partial charge in [0.2, 0.25) is 0 Å². The molecular weight excluding hydrogens is 152 g/mol. The summed E-state index contributed by atoms with van der Waals surface area (Å²) in [5.74, 6) is 1.17. The predicted molar refractivity (Wildman–Crippen MR) is 46.9 cm³/mol. The molecule has 2 rings (SSSR count). The molecule has 0 bridgehead atoms. The van der Waals surface area contributed by atoms with Crippen LogP contribution in [0.5, 0.6) is 0 Å². The third-order valence-electron chi connectivity index (χ3n) is 3.39. The molecule has 2 aliphatic rings. The van der Waals surface area contributed by atoms with Crippen LogP contribution in [0.2, 0.25) is 0 Å². The van der Waals surface area contributed by atoms with Crippen LogP contribution in [0.4, 0.5) is 0 Å². The Morgan fingerprint density at radius 3 is 3.00 bits per heavy atom. The molecule has 12 heavy (non-hydrogen) atoms. The summed E-state index contributed by atoms with van der Waals surface area (Å²) >= 11 is 0. The lowest BCUT2D eigenvalue weighted by atomic mass is 9.77. The van der Waals surface area contributed by atoms with Gasteiger partial charge in [0.25, 0.3) is 0 Å². The Morgan fingerprint density at radius 2 is 2.25 bits per heavy atom. The third-order valence-corrected chi connectivity index (χ3v) is 3.39. The molecule has 0 unspecified atom stereocenters. The zero-order valence-corrected chi connectivity index (χ0v) is 7.70. The number of hydrogen-bond acceptors (Lipinski definition) is 2. The minimum atomic E-state index is 0.358. The highest BCUT2D eigenvalue weighted by atomic mass is 16.5. The van der Waals surface area contributed by atoms with Crippen molar-refractivity contribution < 1.29 is 9.84 Å². The Labute approximate surface area is 73.9 Å². The molecule has 1 aliphatic heterocycles. The molecule has 0 aromatic heterocycles. The molecule has 1 saturated heterocycles. The lowest BCUT2D eigenvalue weighted by Crippen LogP contribution is -2.30. The van der Waals surface area contributed by atoms with Crippen LogP contribution in [0.1, 0.15) is 32.6 Å². The van der Waals surface area contributed by atoms with Crippen LogP contribution in [0, 0.1) is 11.8 Å². The maximum absolute atomic E-state index is 9.17. The number of ether oxygens (including phenoxy) is 1. The van der Waals surface area contributed by atoms with Crippen molar-refractivity contribution in [2.45, 2.75) is 44.8 Å². The first-order valence-electron chi connectivity index (χ1n) is 5.07. The zero-order chi connectivity index (χ0) is 8.55. The fraction of sp³-hybridized carbons (Fsp3) is 1.00. The van der Waals surface area contributed by atoms with E-state index in [1.807, 2.05) is 0 Å². The maximum atomic E-state index is 9.17. The van der Waals surface area contributed by atoms with Gasteiger partial charge in [-0.2, -0.15) is 0 Å². The maximum Gasteiger partial charge on any atom is 0.0611 e. The van der Waals surface area contributed by atoms with Crippen LogP contribution >= 0.6 is 0 Å². The average Bonchev–Trinajstić information content (AvgIpc) is 2.44. The molecular formula is C10H18O2. The van der Waals surface area contributed by atoms with Crippen LogP contribution in [0.3, 0.4) is 0 Å². The monoisotopic (exact) mass is 170 g/mol. The zero-order valence-electron chi connectivity index (χ0n) is 7.70. The van der Waals surface area contributed by atoms with Gasteiger partial charge in [-0.3, -0.25) is 0 Å². The minimum Gasteiger partial charge on any atom is -0.396 e. The highest BCUT2D eigenvalue weighted by molar-refractivity contribution is 4.88. The summed E-state index contributed by atoms with van der Waals surface area (Å²) < 4.78 is 5.79. The first-order chi connectivity index (χ1) is 5.81. The molecule has 1 N–H and O–H groups in total. The number of aliphatic hydroxyl groups is 1. The molecule has 2 heteroatoms. The molecule has 0 amide bonds. The minimum absolute atomic E-state index is 0.358. The van der Waals surface area contributed by atoms with E-state index >= 15 is 0 Å². The smallest absolute Gasteiger partial charge is 0.0611 e. The van der Waals surface area contributed by atoms with Gasteiger partial charge in [-0.05, 0) is 38.0 Å². The van der Waals surface area contributed by atoms with Gasteiger partial charge >= 0.3 is 0 Å². The van der Waals surface area contributed by atoms with E-state index < -0.39 is 0 Å². The second-order valence-electron chi connectivity index (χ2n) is 4.26. The molecule has 1 aliphatic carbocycles. The van der Waals surface area contributed by atoms with E-state index in [-0.39, 0.29) is 0 Å². The van der Waals surface area contributed by atoms with Crippen molar-refractivity contribution in [3.8, 4) is 0 Å². The van der Waals surface area contributed by atoms with Crippen LogP contribution < -0.4 is 0 Å². The average molecular weight is 170 g/mol. The van der Waals surface area contributed by atoms with Crippen molar-refractivity contribution in [2.75, 3.05) is 6.61 Å². The Hall–Kier alpha value is -0.0800. The van der Waals surface area contributed by atoms with Gasteiger partial charge in [0.15, 0.2) is 0 Å². The van der Waals surface area contributed by atoms with Crippen molar-refractivity contribution in [3.63, 3.8) is 0 Å². The summed E-state index contributed by atoms with van der Waals surface area (Å²) in [7, 11) is 0. The SMILES string of the molecule is C[C@@H]1C[C@@H]2[C@@H](CO)CCC[C@H]2O1. The molecule has 2 fully saturated rings. The van der Waals surface area contributed by atoms with Crippen molar-refractivity contribution in [1.82, 2.24) is 0 Å². The van der Waals surface area contributed by atoms with E-state index in [1.54, 1.807) is 0 Å². The molecule has 0 aromatic carbocycles. The van der Waals surface area contributed by atoms with Gasteiger partial charge < -0.3 is 9.84 Å². The van der Waals surface area contributed by atoms with Crippen LogP contribution in [-0.2, 0) is 4.74 Å². The predicted octanol–water partition coefficient (Wildman–Crippen LogP) is 1.57. The number of rotatable bonds is 1. The van der Waals surface area contributed by atoms with Gasteiger partial charge in [0.05, 0.1) is 12.2 Å². The molecule has 1 saturated carbocycles. The van der Waals surface area contributed by atoms with Crippen molar-refractivity contribution in [3.05, 3.63) is 0 Å². The second kappa shape index (κ2) is 3.35. The lowest BCUT2D eigenvalue weighted by molar-refractivity contribution is 0.00330. The molecule has 4 atom stereocenters. The fourth-order valence-electron chi connectivity index (χ4n) is 2.79. The Kier molecular flexibility index (Phi) is 2.37. The first kappa shape index (κ1) is 8.52. The van der Waals surface area contributed by atoms with Gasteiger partial charge in [-0.25, -0.2) is 0 Å². The van der Waals surface area contributed by atoms with E-state index in [9.17, 15) is 0 Å². The van der Waals surface area contributed by atoms with E-state index in [0.29, 0.717) is 30.7 Å². The summed E-state index contributed by atoms with van der Waals surface area (Å²) in [4.78, 5) is 0. The van der Waals surface area contributed by atoms with Gasteiger partial charge in [-0.1, -0.05) is 6.42 Å². The highest BCUT2D eigenvalue weighted by Crippen LogP contribution is 2.40. The Morgan fingerprint density at radius 1 is 1.42 bits per heavy atom. The molecule has 0 aromatic rings. The molecule has 0 spiro atoms. The highest BCUT2D eigenvalue weighted by Gasteiger charge is 2.39. The molecule has 2 nitrogen and oxygen atoms in total. The summed E-state index contributed by atoms with van der Waals surface area (Å²) in [6, 6.07) is 0. The van der Waals surface area contributed by atoms with Crippen LogP contribution in [0.15, 0.2) is 0 Å². The summed E-state index contributed by atoms with van der Waals surface area (Å²) in [5, 5.41) is 9.17. The van der Waals surface area contributed by atoms with Crippen molar-refractivity contribution >= 4 is 0 Å². The standard InChI is InChI=1S/C10H18O2/c1-7-5-9-8(6-11)3-2-4-10(9)12-7/h7-11H,2-6H2,1H3/t7-,8-,9-,10-/m1/s1. The van der Waals surface area contributed by atoms with E-state index in [0.717, 1.165) is 6.42 Å². The number of hydrogen-bond donors (Lipinski definition) is 1. The number of fused-ring (bicyclic) bond motifs is 1. The Bertz CT molecular complexity index is 152. The summed E-state index contributed by atoms with van der Waals surface area (Å²) in [6.45, 7) is 2.50. The Balaban J connectivity index is 2.02. The van der Waals surface area contributed by atoms with Crippen LogP contribution in [0.25, 0.3) is 0 Å². The number of aliphatic hydroxyl groups excluding tert-OH is 1. The first-order valence-corrected chi connectivity index (χ1v) is 5.07. The lowest BCUT2D eigenvalue weighted by Gasteiger charge is -2.31. The van der Waals surface area contributed by atoms with Crippen molar-refractivity contribution in [1.29, 1.82) is 0 Å². The van der Waals surface area contributed by atoms with Gasteiger partial charge in [-0.15, -0.1) is 0 Å². The normalized spacial score (nSPS) is 47.5. The molecule has 70 valence electrons. The van der Waals surface area contributed by atoms with E-state index in [4.69, 9.17) is 9.84 Å². The van der Waals surface area contributed by atoms with E-state index in [1.165, 1.54) is 19.3 Å². The topological polar surface area (TPSA) is 29.5 Å². The summed E-state index contributed by atoms with van der Waals surface area (Å²) in [6.07, 6.45) is 5.70. The molecule has 0 radical (unpaired) electrons. The van der Waals surface area contributed by atoms with Crippen molar-refractivity contribution in [2.24, 2.45) is 11.8 Å². The van der Waals surface area contributed by atoms with Crippen LogP contribution in [-0.4, -0.2) is 23.9 Å². The van der Waals surface area contributed by atoms with Gasteiger partial charge in [0, 0.05) is 6.61 Å². The van der Waals surface area contributed by atoms with Gasteiger partial charge in [0.1, 0.15) is 0 Å². The third kappa shape index (κ3) is 1.38. The summed E-state index contributed by atoms with van der Waals surface area (Å²) in [5.41, 5.74) is 0. The second-order valence-corrected chi connectivity index (χ2v) is 4.26.